The molecule has 69 heavy (non-hydrogen) atoms. The largest absolute Gasteiger partial charge is 0.491 e. The van der Waals surface area contributed by atoms with Gasteiger partial charge in [-0.3, -0.25) is 14.4 Å². The zero-order valence-electron chi connectivity index (χ0n) is 41.9. The fraction of sp³-hybridized carbons (Fsp3) is 0.520. The molecule has 6 rings (SSSR count). The maximum absolute atomic E-state index is 15.0. The second-order valence-corrected chi connectivity index (χ2v) is 27.2. The third kappa shape index (κ3) is 15.9. The van der Waals surface area contributed by atoms with Crippen molar-refractivity contribution in [3.63, 3.8) is 0 Å². The number of carbonyl (C=O) groups is 2. The van der Waals surface area contributed by atoms with E-state index >= 15 is 0 Å². The molecule has 0 aliphatic carbocycles. The summed E-state index contributed by atoms with van der Waals surface area (Å²) in [4.78, 5) is 45.4. The lowest BCUT2D eigenvalue weighted by atomic mass is 10.2. The quantitative estimate of drug-likeness (QED) is 0.0318. The van der Waals surface area contributed by atoms with Crippen LogP contribution in [0.3, 0.4) is 0 Å². The number of anilines is 2. The van der Waals surface area contributed by atoms with Gasteiger partial charge in [-0.05, 0) is 122 Å². The van der Waals surface area contributed by atoms with Gasteiger partial charge in [0.1, 0.15) is 12.3 Å². The summed E-state index contributed by atoms with van der Waals surface area (Å²) in [6, 6.07) is 15.9. The van der Waals surface area contributed by atoms with Crippen LogP contribution < -0.4 is 14.4 Å². The maximum Gasteiger partial charge on any atom is 0.410 e. The summed E-state index contributed by atoms with van der Waals surface area (Å²) in [5.74, 6) is 6.16. The van der Waals surface area contributed by atoms with Gasteiger partial charge in [0, 0.05) is 57.8 Å². The number of carbonyl (C=O) groups excluding carboxylic acids is 2. The van der Waals surface area contributed by atoms with E-state index < -0.39 is 25.5 Å². The third-order valence-electron chi connectivity index (χ3n) is 11.0. The van der Waals surface area contributed by atoms with Crippen LogP contribution in [0.1, 0.15) is 66.5 Å². The van der Waals surface area contributed by atoms with Gasteiger partial charge in [-0.15, -0.1) is 21.5 Å². The minimum Gasteiger partial charge on any atom is -0.491 e. The van der Waals surface area contributed by atoms with Crippen molar-refractivity contribution >= 4 is 69.8 Å². The van der Waals surface area contributed by atoms with Gasteiger partial charge in [0.2, 0.25) is 0 Å². The van der Waals surface area contributed by atoms with Crippen molar-refractivity contribution in [2.75, 3.05) is 85.1 Å². The Balaban J connectivity index is 1.21. The molecule has 0 bridgehead atoms. The molecular formula is C50H68FN9O6S2Si. The molecule has 5 aromatic rings. The number of nitrogens with zero attached hydrogens (tertiary/aromatic N) is 9. The highest BCUT2D eigenvalue weighted by Gasteiger charge is 2.27. The molecule has 15 nitrogen and oxygen atoms in total. The van der Waals surface area contributed by atoms with Gasteiger partial charge in [-0.1, -0.05) is 55.0 Å². The zero-order chi connectivity index (χ0) is 49.7. The van der Waals surface area contributed by atoms with Crippen molar-refractivity contribution < 1.29 is 32.9 Å². The van der Waals surface area contributed by atoms with Crippen LogP contribution in [0.25, 0.3) is 10.2 Å². The van der Waals surface area contributed by atoms with Crippen LogP contribution in [0.15, 0.2) is 53.5 Å². The maximum atomic E-state index is 15.0. The summed E-state index contributed by atoms with van der Waals surface area (Å²) in [6.45, 7) is 20.6. The molecule has 1 saturated heterocycles. The van der Waals surface area contributed by atoms with Crippen LogP contribution in [0.4, 0.5) is 26.0 Å². The Kier molecular flexibility index (Phi) is 18.9. The fourth-order valence-corrected chi connectivity index (χ4v) is 10.1. The first kappa shape index (κ1) is 53.1. The summed E-state index contributed by atoms with van der Waals surface area (Å²) in [6.07, 6.45) is 2.31. The van der Waals surface area contributed by atoms with Crippen LogP contribution in [0, 0.1) is 24.6 Å². The van der Waals surface area contributed by atoms with E-state index in [0.717, 1.165) is 64.0 Å². The zero-order valence-corrected chi connectivity index (χ0v) is 44.5. The fourth-order valence-electron chi connectivity index (χ4n) is 7.25. The molecule has 0 atom stereocenters. The molecule has 0 unspecified atom stereocenters. The van der Waals surface area contributed by atoms with Crippen LogP contribution in [0.2, 0.25) is 25.7 Å². The summed E-state index contributed by atoms with van der Waals surface area (Å²) >= 11 is 2.97. The van der Waals surface area contributed by atoms with Crippen LogP contribution in [-0.2, 0) is 27.4 Å². The number of ether oxygens (including phenoxy) is 4. The monoisotopic (exact) mass is 1000 g/mol. The SMILES string of the molecule is COC(=O)c1nc(N(CCCCN2CCN(C(=O)OC(C)(C)C)CC2)c2cc(C)c(/N=c3\sc4ccccc4n3COCC[Si](C)(C)C)nn2)sc1CCCOc1ccc(C#CCN(C)C)cc1F. The number of esters is 1. The molecule has 1 aliphatic heterocycles. The van der Waals surface area contributed by atoms with E-state index in [2.05, 4.69) is 58.2 Å². The number of fused-ring (bicyclic) bond motifs is 1. The Morgan fingerprint density at radius 2 is 1.74 bits per heavy atom. The number of aryl methyl sites for hydroxylation is 2. The van der Waals surface area contributed by atoms with E-state index in [1.165, 1.54) is 24.5 Å². The van der Waals surface area contributed by atoms with E-state index in [0.29, 0.717) is 74.7 Å². The first-order valence-corrected chi connectivity index (χ1v) is 28.9. The van der Waals surface area contributed by atoms with Crippen molar-refractivity contribution in [1.82, 2.24) is 34.4 Å². The van der Waals surface area contributed by atoms with Gasteiger partial charge < -0.3 is 28.7 Å². The first-order chi connectivity index (χ1) is 32.9. The molecule has 4 heterocycles. The number of rotatable bonds is 20. The number of unbranched alkanes of at least 4 members (excludes halogenated alkanes) is 1. The number of thiazole rings is 2. The van der Waals surface area contributed by atoms with Gasteiger partial charge in [0.05, 0.1) is 30.5 Å². The Bertz CT molecular complexity index is 2660. The van der Waals surface area contributed by atoms with Gasteiger partial charge in [-0.2, -0.15) is 4.99 Å². The average Bonchev–Trinajstić information content (AvgIpc) is 3.87. The van der Waals surface area contributed by atoms with Gasteiger partial charge in [0.15, 0.2) is 38.8 Å². The molecule has 3 aromatic heterocycles. The van der Waals surface area contributed by atoms with E-state index in [1.807, 2.05) is 69.8 Å². The van der Waals surface area contributed by atoms with Crippen molar-refractivity contribution in [2.24, 2.45) is 4.99 Å². The second kappa shape index (κ2) is 24.5. The Labute approximate surface area is 415 Å². The summed E-state index contributed by atoms with van der Waals surface area (Å²) in [7, 11) is 3.92. The Hall–Kier alpha value is -5.23. The Morgan fingerprint density at radius 3 is 2.43 bits per heavy atom. The lowest BCUT2D eigenvalue weighted by molar-refractivity contribution is 0.0144. The van der Waals surface area contributed by atoms with Crippen LogP contribution in [-0.4, -0.2) is 140 Å². The predicted molar refractivity (Wildman–Crippen MR) is 276 cm³/mol. The highest BCUT2D eigenvalue weighted by Crippen LogP contribution is 2.34. The average molecular weight is 1000 g/mol. The molecule has 19 heteroatoms. The van der Waals surface area contributed by atoms with E-state index in [4.69, 9.17) is 34.0 Å². The minimum absolute atomic E-state index is 0.138. The van der Waals surface area contributed by atoms with E-state index in [-0.39, 0.29) is 24.1 Å². The van der Waals surface area contributed by atoms with Gasteiger partial charge >= 0.3 is 12.1 Å². The summed E-state index contributed by atoms with van der Waals surface area (Å²) < 4.78 is 41.0. The van der Waals surface area contributed by atoms with Crippen molar-refractivity contribution in [1.29, 1.82) is 0 Å². The standard InChI is InChI=1S/C50H68FN9O6S2Si/c1-36-33-43(54-55-45(36)53-48-60(35-64-31-32-69(8,9)10)39-18-11-12-19-41(39)67-48)59(25-14-13-24-57-26-28-58(29-27-57)49(62)66-50(2,3)4)47-52-44(46(61)63-7)42(68-47)20-16-30-65-40-22-21-37(34-38(40)51)17-15-23-56(5)6/h11-12,18-19,21-22,33-34H,13-14,16,20,23-32,35H2,1-10H3/b53-48-. The number of piperazine rings is 1. The van der Waals surface area contributed by atoms with Crippen molar-refractivity contribution in [2.45, 2.75) is 91.4 Å². The number of halogens is 1. The van der Waals surface area contributed by atoms with Crippen LogP contribution in [0.5, 0.6) is 5.75 Å². The highest BCUT2D eigenvalue weighted by molar-refractivity contribution is 7.16. The summed E-state index contributed by atoms with van der Waals surface area (Å²) in [5.41, 5.74) is 2.12. The molecule has 0 N–H and O–H groups in total. The molecule has 0 radical (unpaired) electrons. The molecule has 1 fully saturated rings. The van der Waals surface area contributed by atoms with Gasteiger partial charge in [-0.25, -0.2) is 19.0 Å². The topological polar surface area (TPSA) is 140 Å². The lowest BCUT2D eigenvalue weighted by Crippen LogP contribution is -2.50. The molecule has 0 saturated carbocycles. The number of hydrogen-bond acceptors (Lipinski definition) is 15. The minimum atomic E-state index is -1.27. The molecule has 1 amide bonds. The van der Waals surface area contributed by atoms with Crippen molar-refractivity contribution in [3.8, 4) is 17.6 Å². The summed E-state index contributed by atoms with van der Waals surface area (Å²) in [5, 5.41) is 10.0. The molecular weight excluding hydrogens is 934 g/mol. The number of amides is 1. The van der Waals surface area contributed by atoms with E-state index in [1.54, 1.807) is 28.4 Å². The normalized spacial score (nSPS) is 13.7. The molecule has 1 aliphatic rings. The number of para-hydroxylation sites is 1. The van der Waals surface area contributed by atoms with Gasteiger partial charge in [0.25, 0.3) is 0 Å². The highest BCUT2D eigenvalue weighted by atomic mass is 32.1. The predicted octanol–water partition coefficient (Wildman–Crippen LogP) is 9.12. The molecule has 0 spiro atoms. The molecule has 2 aromatic carbocycles. The van der Waals surface area contributed by atoms with Crippen molar-refractivity contribution in [3.05, 3.63) is 80.8 Å². The lowest BCUT2D eigenvalue weighted by Gasteiger charge is -2.35. The second-order valence-electron chi connectivity index (χ2n) is 19.5. The Morgan fingerprint density at radius 1 is 0.971 bits per heavy atom. The number of hydrogen-bond donors (Lipinski definition) is 0. The number of methoxy groups -OCH3 is 1. The number of benzene rings is 2. The number of aromatic nitrogens is 4. The van der Waals surface area contributed by atoms with Crippen LogP contribution >= 0.6 is 22.7 Å². The first-order valence-electron chi connectivity index (χ1n) is 23.5. The third-order valence-corrected chi connectivity index (χ3v) is 14.9. The smallest absolute Gasteiger partial charge is 0.410 e. The van der Waals surface area contributed by atoms with E-state index in [9.17, 15) is 14.0 Å². The molecule has 372 valence electrons.